The topological polar surface area (TPSA) is 63.3 Å². The highest BCUT2D eigenvalue weighted by molar-refractivity contribution is 5.70. The number of carbonyl (C=O) groups is 1. The molecule has 112 valence electrons. The molecular formula is C15H21F2NO2. The average Bonchev–Trinajstić information content (AvgIpc) is 2.39. The Kier molecular flexibility index (Phi) is 6.58. The lowest BCUT2D eigenvalue weighted by atomic mass is 9.91. The molecule has 0 aliphatic rings. The van der Waals surface area contributed by atoms with Crippen LogP contribution in [-0.2, 0) is 11.2 Å². The van der Waals surface area contributed by atoms with Crippen molar-refractivity contribution in [3.63, 3.8) is 0 Å². The molecule has 0 spiro atoms. The van der Waals surface area contributed by atoms with E-state index in [0.29, 0.717) is 12.8 Å². The molecule has 0 amide bonds. The van der Waals surface area contributed by atoms with E-state index in [1.54, 1.807) is 6.07 Å². The number of hydrogen-bond donors (Lipinski definition) is 2. The first kappa shape index (κ1) is 16.6. The van der Waals surface area contributed by atoms with Crippen LogP contribution in [0.15, 0.2) is 18.2 Å². The molecule has 0 aromatic heterocycles. The Morgan fingerprint density at radius 2 is 2.05 bits per heavy atom. The molecule has 5 heteroatoms. The maximum atomic E-state index is 13.0. The number of aliphatic carboxylic acids is 1. The molecule has 0 saturated heterocycles. The van der Waals surface area contributed by atoms with Crippen molar-refractivity contribution in [1.29, 1.82) is 0 Å². The fourth-order valence-corrected chi connectivity index (χ4v) is 2.25. The summed E-state index contributed by atoms with van der Waals surface area (Å²) < 4.78 is 25.8. The molecule has 0 bridgehead atoms. The van der Waals surface area contributed by atoms with Crippen LogP contribution in [0.25, 0.3) is 0 Å². The Balaban J connectivity index is 2.36. The number of rotatable bonds is 8. The van der Waals surface area contributed by atoms with Gasteiger partial charge in [0.05, 0.1) is 5.92 Å². The van der Waals surface area contributed by atoms with Gasteiger partial charge >= 0.3 is 5.97 Å². The summed E-state index contributed by atoms with van der Waals surface area (Å²) in [7, 11) is 0. The second-order valence-corrected chi connectivity index (χ2v) is 5.25. The van der Waals surface area contributed by atoms with Crippen LogP contribution in [0.4, 0.5) is 8.78 Å². The van der Waals surface area contributed by atoms with Crippen LogP contribution in [0.2, 0.25) is 0 Å². The highest BCUT2D eigenvalue weighted by atomic mass is 19.2. The van der Waals surface area contributed by atoms with Crippen molar-refractivity contribution in [1.82, 2.24) is 0 Å². The molecule has 1 rings (SSSR count). The van der Waals surface area contributed by atoms with E-state index in [1.165, 1.54) is 6.07 Å². The number of aryl methyl sites for hydroxylation is 1. The van der Waals surface area contributed by atoms with Crippen molar-refractivity contribution < 1.29 is 18.7 Å². The quantitative estimate of drug-likeness (QED) is 0.772. The third-order valence-electron chi connectivity index (χ3n) is 3.47. The molecule has 3 nitrogen and oxygen atoms in total. The molecule has 1 aromatic carbocycles. The van der Waals surface area contributed by atoms with Gasteiger partial charge in [0, 0.05) is 6.54 Å². The van der Waals surface area contributed by atoms with Gasteiger partial charge < -0.3 is 10.8 Å². The first-order chi connectivity index (χ1) is 9.43. The first-order valence-corrected chi connectivity index (χ1v) is 6.80. The molecular weight excluding hydrogens is 264 g/mol. The van der Waals surface area contributed by atoms with E-state index in [2.05, 4.69) is 0 Å². The Hall–Kier alpha value is -1.49. The fourth-order valence-electron chi connectivity index (χ4n) is 2.25. The van der Waals surface area contributed by atoms with E-state index >= 15 is 0 Å². The monoisotopic (exact) mass is 285 g/mol. The van der Waals surface area contributed by atoms with Crippen LogP contribution in [0.3, 0.4) is 0 Å². The summed E-state index contributed by atoms with van der Waals surface area (Å²) in [5.74, 6) is -2.79. The highest BCUT2D eigenvalue weighted by Crippen LogP contribution is 2.19. The Labute approximate surface area is 117 Å². The SMILES string of the molecule is CC(CCCc1ccc(F)c(F)c1)CC(CN)C(=O)O. The van der Waals surface area contributed by atoms with Crippen molar-refractivity contribution in [2.24, 2.45) is 17.6 Å². The number of hydrogen-bond acceptors (Lipinski definition) is 2. The molecule has 2 atom stereocenters. The predicted molar refractivity (Wildman–Crippen MR) is 73.3 cm³/mol. The van der Waals surface area contributed by atoms with Gasteiger partial charge in [-0.25, -0.2) is 8.78 Å². The van der Waals surface area contributed by atoms with Crippen LogP contribution in [-0.4, -0.2) is 17.6 Å². The minimum atomic E-state index is -0.861. The van der Waals surface area contributed by atoms with E-state index < -0.39 is 23.5 Å². The molecule has 3 N–H and O–H groups in total. The zero-order valence-corrected chi connectivity index (χ0v) is 11.6. The zero-order chi connectivity index (χ0) is 15.1. The first-order valence-electron chi connectivity index (χ1n) is 6.80. The van der Waals surface area contributed by atoms with Crippen LogP contribution >= 0.6 is 0 Å². The second-order valence-electron chi connectivity index (χ2n) is 5.25. The van der Waals surface area contributed by atoms with Crippen molar-refractivity contribution >= 4 is 5.97 Å². The fraction of sp³-hybridized carbons (Fsp3) is 0.533. The van der Waals surface area contributed by atoms with Gasteiger partial charge in [0.25, 0.3) is 0 Å². The summed E-state index contributed by atoms with van der Waals surface area (Å²) in [4.78, 5) is 10.9. The van der Waals surface area contributed by atoms with Crippen molar-refractivity contribution in [3.8, 4) is 0 Å². The Morgan fingerprint density at radius 3 is 2.60 bits per heavy atom. The number of halogens is 2. The summed E-state index contributed by atoms with van der Waals surface area (Å²) in [5, 5.41) is 8.92. The summed E-state index contributed by atoms with van der Waals surface area (Å²) >= 11 is 0. The van der Waals surface area contributed by atoms with Gasteiger partial charge in [0.15, 0.2) is 11.6 Å². The van der Waals surface area contributed by atoms with E-state index in [-0.39, 0.29) is 12.5 Å². The van der Waals surface area contributed by atoms with Gasteiger partial charge in [0.1, 0.15) is 0 Å². The Bertz CT molecular complexity index is 451. The van der Waals surface area contributed by atoms with E-state index in [4.69, 9.17) is 10.8 Å². The molecule has 2 unspecified atom stereocenters. The van der Waals surface area contributed by atoms with Crippen LogP contribution in [0.5, 0.6) is 0 Å². The smallest absolute Gasteiger partial charge is 0.307 e. The van der Waals surface area contributed by atoms with E-state index in [1.807, 2.05) is 6.92 Å². The zero-order valence-electron chi connectivity index (χ0n) is 11.6. The van der Waals surface area contributed by atoms with Crippen molar-refractivity contribution in [3.05, 3.63) is 35.4 Å². The minimum Gasteiger partial charge on any atom is -0.481 e. The van der Waals surface area contributed by atoms with Crippen molar-refractivity contribution in [2.45, 2.75) is 32.6 Å². The van der Waals surface area contributed by atoms with Crippen molar-refractivity contribution in [2.75, 3.05) is 6.54 Å². The lowest BCUT2D eigenvalue weighted by Gasteiger charge is -2.16. The third kappa shape index (κ3) is 5.25. The number of nitrogens with two attached hydrogens (primary N) is 1. The van der Waals surface area contributed by atoms with E-state index in [9.17, 15) is 13.6 Å². The average molecular weight is 285 g/mol. The molecule has 0 saturated carbocycles. The van der Waals surface area contributed by atoms with E-state index in [0.717, 1.165) is 24.5 Å². The summed E-state index contributed by atoms with van der Waals surface area (Å²) in [6.07, 6.45) is 2.84. The lowest BCUT2D eigenvalue weighted by molar-refractivity contribution is -0.141. The largest absolute Gasteiger partial charge is 0.481 e. The summed E-state index contributed by atoms with van der Waals surface area (Å²) in [6.45, 7) is 2.12. The molecule has 0 heterocycles. The number of carboxylic acid groups (broad SMARTS) is 1. The van der Waals surface area contributed by atoms with Gasteiger partial charge in [-0.1, -0.05) is 19.4 Å². The summed E-state index contributed by atoms with van der Waals surface area (Å²) in [5.41, 5.74) is 6.17. The minimum absolute atomic E-state index is 0.142. The van der Waals surface area contributed by atoms with Gasteiger partial charge in [-0.2, -0.15) is 0 Å². The maximum Gasteiger partial charge on any atom is 0.307 e. The number of benzene rings is 1. The second kappa shape index (κ2) is 7.94. The lowest BCUT2D eigenvalue weighted by Crippen LogP contribution is -2.25. The predicted octanol–water partition coefficient (Wildman–Crippen LogP) is 2.97. The van der Waals surface area contributed by atoms with Gasteiger partial charge in [-0.05, 0) is 42.9 Å². The molecule has 0 aliphatic heterocycles. The Morgan fingerprint density at radius 1 is 1.35 bits per heavy atom. The highest BCUT2D eigenvalue weighted by Gasteiger charge is 2.18. The normalized spacial score (nSPS) is 14.0. The van der Waals surface area contributed by atoms with Crippen LogP contribution < -0.4 is 5.73 Å². The maximum absolute atomic E-state index is 13.0. The van der Waals surface area contributed by atoms with Gasteiger partial charge in [-0.15, -0.1) is 0 Å². The molecule has 0 aliphatic carbocycles. The third-order valence-corrected chi connectivity index (χ3v) is 3.47. The van der Waals surface area contributed by atoms with Crippen LogP contribution in [0.1, 0.15) is 31.7 Å². The molecule has 0 radical (unpaired) electrons. The standard InChI is InChI=1S/C15H21F2NO2/c1-10(7-12(9-18)15(19)20)3-2-4-11-5-6-13(16)14(17)8-11/h5-6,8,10,12H,2-4,7,9,18H2,1H3,(H,19,20). The number of carboxylic acids is 1. The van der Waals surface area contributed by atoms with Crippen LogP contribution in [0, 0.1) is 23.5 Å². The van der Waals surface area contributed by atoms with Gasteiger partial charge in [-0.3, -0.25) is 4.79 Å². The molecule has 20 heavy (non-hydrogen) atoms. The molecule has 0 fully saturated rings. The summed E-state index contributed by atoms with van der Waals surface area (Å²) in [6, 6.07) is 3.91. The van der Waals surface area contributed by atoms with Gasteiger partial charge in [0.2, 0.25) is 0 Å². The molecule has 1 aromatic rings.